The molecule has 0 spiro atoms. The Labute approximate surface area is 124 Å². The number of rotatable bonds is 2. The third kappa shape index (κ3) is 3.09. The number of morpholine rings is 1. The molecule has 0 bridgehead atoms. The van der Waals surface area contributed by atoms with Gasteiger partial charge in [0.25, 0.3) is 5.91 Å². The van der Waals surface area contributed by atoms with Crippen molar-refractivity contribution in [1.82, 2.24) is 10.2 Å². The molecule has 114 valence electrons. The fourth-order valence-electron chi connectivity index (χ4n) is 3.23. The van der Waals surface area contributed by atoms with Crippen LogP contribution in [-0.2, 0) is 9.53 Å². The molecule has 2 fully saturated rings. The largest absolute Gasteiger partial charge is 0.366 e. The van der Waals surface area contributed by atoms with Crippen LogP contribution < -0.4 is 5.32 Å². The summed E-state index contributed by atoms with van der Waals surface area (Å²) < 4.78 is 19.0. The summed E-state index contributed by atoms with van der Waals surface area (Å²) in [5.74, 6) is 0.176. The first kappa shape index (κ1) is 14.5. The van der Waals surface area contributed by atoms with E-state index in [9.17, 15) is 9.18 Å². The maximum Gasteiger partial charge on any atom is 0.253 e. The Morgan fingerprint density at radius 2 is 2.33 bits per heavy atom. The maximum atomic E-state index is 13.5. The lowest BCUT2D eigenvalue weighted by atomic mass is 10.0. The van der Waals surface area contributed by atoms with Gasteiger partial charge in [-0.3, -0.25) is 4.79 Å². The smallest absolute Gasteiger partial charge is 0.253 e. The van der Waals surface area contributed by atoms with Crippen molar-refractivity contribution in [2.75, 3.05) is 26.2 Å². The summed E-state index contributed by atoms with van der Waals surface area (Å²) in [6, 6.07) is 6.51. The van der Waals surface area contributed by atoms with Gasteiger partial charge in [0.1, 0.15) is 11.9 Å². The van der Waals surface area contributed by atoms with Crippen molar-refractivity contribution >= 4 is 5.91 Å². The summed E-state index contributed by atoms with van der Waals surface area (Å²) in [6.07, 6.45) is 0.454. The zero-order valence-electron chi connectivity index (χ0n) is 12.2. The molecular formula is C16H21FN2O2. The number of hydrogen-bond donors (Lipinski definition) is 1. The highest BCUT2D eigenvalue weighted by atomic mass is 19.1. The number of benzene rings is 1. The van der Waals surface area contributed by atoms with E-state index in [-0.39, 0.29) is 17.8 Å². The lowest BCUT2D eigenvalue weighted by molar-refractivity contribution is -0.146. The predicted octanol–water partition coefficient (Wildman–Crippen LogP) is 1.72. The molecule has 1 aromatic rings. The van der Waals surface area contributed by atoms with Crippen LogP contribution in [0.25, 0.3) is 0 Å². The van der Waals surface area contributed by atoms with Gasteiger partial charge in [-0.1, -0.05) is 19.1 Å². The molecule has 0 saturated carbocycles. The number of nitrogens with zero attached hydrogens (tertiary/aromatic N) is 1. The van der Waals surface area contributed by atoms with E-state index >= 15 is 0 Å². The Kier molecular flexibility index (Phi) is 4.22. The van der Waals surface area contributed by atoms with E-state index in [4.69, 9.17) is 4.74 Å². The van der Waals surface area contributed by atoms with Crippen LogP contribution in [0.3, 0.4) is 0 Å². The number of amides is 1. The van der Waals surface area contributed by atoms with Crippen molar-refractivity contribution in [1.29, 1.82) is 0 Å². The zero-order chi connectivity index (χ0) is 14.8. The summed E-state index contributed by atoms with van der Waals surface area (Å²) >= 11 is 0. The SMILES string of the molecule is C[C@@H]1C[C@H](c2cccc(F)c2)N(C(=O)[C@H]2CNCCO2)C1. The minimum atomic E-state index is -0.417. The van der Waals surface area contributed by atoms with Gasteiger partial charge >= 0.3 is 0 Å². The molecule has 0 aromatic heterocycles. The first-order valence-corrected chi connectivity index (χ1v) is 7.53. The van der Waals surface area contributed by atoms with Crippen molar-refractivity contribution in [3.63, 3.8) is 0 Å². The van der Waals surface area contributed by atoms with Crippen LogP contribution in [0.4, 0.5) is 4.39 Å². The predicted molar refractivity (Wildman–Crippen MR) is 77.2 cm³/mol. The molecule has 2 saturated heterocycles. The van der Waals surface area contributed by atoms with Crippen molar-refractivity contribution < 1.29 is 13.9 Å². The van der Waals surface area contributed by atoms with Crippen LogP contribution in [0.2, 0.25) is 0 Å². The lowest BCUT2D eigenvalue weighted by Crippen LogP contribution is -2.49. The Bertz CT molecular complexity index is 517. The topological polar surface area (TPSA) is 41.6 Å². The van der Waals surface area contributed by atoms with E-state index in [1.807, 2.05) is 11.0 Å². The summed E-state index contributed by atoms with van der Waals surface area (Å²) in [5, 5.41) is 3.18. The van der Waals surface area contributed by atoms with E-state index < -0.39 is 6.10 Å². The summed E-state index contributed by atoms with van der Waals surface area (Å²) in [4.78, 5) is 14.5. The molecule has 4 nitrogen and oxygen atoms in total. The van der Waals surface area contributed by atoms with Crippen molar-refractivity contribution in [2.24, 2.45) is 5.92 Å². The van der Waals surface area contributed by atoms with Crippen LogP contribution in [0.5, 0.6) is 0 Å². The summed E-state index contributed by atoms with van der Waals surface area (Å²) in [6.45, 7) is 4.73. The molecule has 1 aromatic carbocycles. The van der Waals surface area contributed by atoms with Gasteiger partial charge in [-0.25, -0.2) is 4.39 Å². The minimum Gasteiger partial charge on any atom is -0.366 e. The average molecular weight is 292 g/mol. The highest BCUT2D eigenvalue weighted by Gasteiger charge is 2.38. The molecule has 2 aliphatic heterocycles. The number of nitrogens with one attached hydrogen (secondary N) is 1. The maximum absolute atomic E-state index is 13.5. The molecule has 1 amide bonds. The molecular weight excluding hydrogens is 271 g/mol. The molecule has 3 atom stereocenters. The summed E-state index contributed by atoms with van der Waals surface area (Å²) in [5.41, 5.74) is 0.872. The lowest BCUT2D eigenvalue weighted by Gasteiger charge is -2.31. The van der Waals surface area contributed by atoms with Gasteiger partial charge in [-0.15, -0.1) is 0 Å². The molecule has 5 heteroatoms. The highest BCUT2D eigenvalue weighted by molar-refractivity contribution is 5.82. The van der Waals surface area contributed by atoms with Crippen LogP contribution in [0.15, 0.2) is 24.3 Å². The van der Waals surface area contributed by atoms with Gasteiger partial charge < -0.3 is 15.0 Å². The van der Waals surface area contributed by atoms with E-state index in [0.717, 1.165) is 18.5 Å². The van der Waals surface area contributed by atoms with E-state index in [0.29, 0.717) is 25.6 Å². The van der Waals surface area contributed by atoms with Crippen LogP contribution in [0, 0.1) is 11.7 Å². The number of ether oxygens (including phenoxy) is 1. The number of carbonyl (C=O) groups is 1. The van der Waals surface area contributed by atoms with E-state index in [1.165, 1.54) is 12.1 Å². The van der Waals surface area contributed by atoms with Gasteiger partial charge in [0, 0.05) is 19.6 Å². The second-order valence-corrected chi connectivity index (χ2v) is 5.97. The third-order valence-electron chi connectivity index (χ3n) is 4.23. The van der Waals surface area contributed by atoms with Crippen LogP contribution >= 0.6 is 0 Å². The molecule has 0 radical (unpaired) electrons. The standard InChI is InChI=1S/C16H21FN2O2/c1-11-7-14(12-3-2-4-13(17)8-12)19(10-11)16(20)15-9-18-5-6-21-15/h2-4,8,11,14-15,18H,5-7,9-10H2,1H3/t11-,14-,15-/m1/s1. The van der Waals surface area contributed by atoms with Gasteiger partial charge in [0.2, 0.25) is 0 Å². The molecule has 0 unspecified atom stereocenters. The van der Waals surface area contributed by atoms with E-state index in [2.05, 4.69) is 12.2 Å². The van der Waals surface area contributed by atoms with Crippen molar-refractivity contribution in [3.8, 4) is 0 Å². The number of halogens is 1. The van der Waals surface area contributed by atoms with Gasteiger partial charge in [0.15, 0.2) is 0 Å². The van der Waals surface area contributed by atoms with Crippen LogP contribution in [-0.4, -0.2) is 43.2 Å². The molecule has 1 N–H and O–H groups in total. The fraction of sp³-hybridized carbons (Fsp3) is 0.562. The highest BCUT2D eigenvalue weighted by Crippen LogP contribution is 2.36. The normalized spacial score (nSPS) is 29.6. The first-order valence-electron chi connectivity index (χ1n) is 7.53. The molecule has 0 aliphatic carbocycles. The Morgan fingerprint density at radius 1 is 1.48 bits per heavy atom. The second-order valence-electron chi connectivity index (χ2n) is 5.97. The minimum absolute atomic E-state index is 0.0146. The van der Waals surface area contributed by atoms with E-state index in [1.54, 1.807) is 6.07 Å². The number of hydrogen-bond acceptors (Lipinski definition) is 3. The zero-order valence-corrected chi connectivity index (χ0v) is 12.2. The van der Waals surface area contributed by atoms with Crippen molar-refractivity contribution in [3.05, 3.63) is 35.6 Å². The average Bonchev–Trinajstić information content (AvgIpc) is 2.89. The summed E-state index contributed by atoms with van der Waals surface area (Å²) in [7, 11) is 0. The van der Waals surface area contributed by atoms with Crippen molar-refractivity contribution in [2.45, 2.75) is 25.5 Å². The molecule has 2 aliphatic rings. The second kappa shape index (κ2) is 6.12. The van der Waals surface area contributed by atoms with Gasteiger partial charge in [-0.05, 0) is 30.0 Å². The Morgan fingerprint density at radius 3 is 3.05 bits per heavy atom. The first-order chi connectivity index (χ1) is 10.1. The number of likely N-dealkylation sites (tertiary alicyclic amines) is 1. The Balaban J connectivity index is 1.80. The molecule has 21 heavy (non-hydrogen) atoms. The Hall–Kier alpha value is -1.46. The van der Waals surface area contributed by atoms with Gasteiger partial charge in [-0.2, -0.15) is 0 Å². The monoisotopic (exact) mass is 292 g/mol. The van der Waals surface area contributed by atoms with Crippen LogP contribution in [0.1, 0.15) is 24.9 Å². The quantitative estimate of drug-likeness (QED) is 0.902. The van der Waals surface area contributed by atoms with Gasteiger partial charge in [0.05, 0.1) is 12.6 Å². The molecule has 2 heterocycles. The molecule has 3 rings (SSSR count). The third-order valence-corrected chi connectivity index (χ3v) is 4.23. The number of carbonyl (C=O) groups excluding carboxylic acids is 1. The fourth-order valence-corrected chi connectivity index (χ4v) is 3.23.